The van der Waals surface area contributed by atoms with Crippen LogP contribution >= 0.6 is 11.6 Å². The number of carbonyl (C=O) groups excluding carboxylic acids is 2. The van der Waals surface area contributed by atoms with E-state index in [9.17, 15) is 9.59 Å². The molecular formula is C24H19ClN2O3. The SMILES string of the molecule is C#Cc1ccc(C(=O)N[C@H](COC(=O)Nc2ccc(Cl)cc2)c2ccccc2)cc1. The van der Waals surface area contributed by atoms with Gasteiger partial charge in [0.05, 0.1) is 6.04 Å². The Hall–Kier alpha value is -3.75. The molecule has 3 aromatic carbocycles. The van der Waals surface area contributed by atoms with Gasteiger partial charge in [-0.15, -0.1) is 6.42 Å². The largest absolute Gasteiger partial charge is 0.447 e. The van der Waals surface area contributed by atoms with Crippen molar-refractivity contribution in [3.05, 3.63) is 101 Å². The summed E-state index contributed by atoms with van der Waals surface area (Å²) in [6, 6.07) is 22.1. The van der Waals surface area contributed by atoms with Crippen LogP contribution in [0, 0.1) is 12.3 Å². The van der Waals surface area contributed by atoms with Gasteiger partial charge in [0.2, 0.25) is 0 Å². The molecule has 0 unspecified atom stereocenters. The van der Waals surface area contributed by atoms with Crippen molar-refractivity contribution in [3.8, 4) is 12.3 Å². The fraction of sp³-hybridized carbons (Fsp3) is 0.0833. The third-order valence-corrected chi connectivity index (χ3v) is 4.54. The molecule has 0 aliphatic carbocycles. The van der Waals surface area contributed by atoms with Gasteiger partial charge in [-0.3, -0.25) is 10.1 Å². The predicted octanol–water partition coefficient (Wildman–Crippen LogP) is 5.04. The summed E-state index contributed by atoms with van der Waals surface area (Å²) in [5.74, 6) is 2.21. The van der Waals surface area contributed by atoms with Crippen molar-refractivity contribution in [2.24, 2.45) is 0 Å². The second kappa shape index (κ2) is 10.1. The van der Waals surface area contributed by atoms with Crippen molar-refractivity contribution in [2.45, 2.75) is 6.04 Å². The summed E-state index contributed by atoms with van der Waals surface area (Å²) in [5, 5.41) is 6.09. The minimum atomic E-state index is -0.633. The van der Waals surface area contributed by atoms with E-state index in [0.29, 0.717) is 21.8 Å². The first-order valence-electron chi connectivity index (χ1n) is 9.17. The molecule has 0 aromatic heterocycles. The quantitative estimate of drug-likeness (QED) is 0.551. The molecule has 3 rings (SSSR count). The zero-order valence-corrected chi connectivity index (χ0v) is 16.7. The third-order valence-electron chi connectivity index (χ3n) is 4.29. The average Bonchev–Trinajstić information content (AvgIpc) is 2.78. The van der Waals surface area contributed by atoms with E-state index >= 15 is 0 Å². The van der Waals surface area contributed by atoms with Crippen LogP contribution < -0.4 is 10.6 Å². The molecule has 0 bridgehead atoms. The molecule has 0 fully saturated rings. The van der Waals surface area contributed by atoms with Gasteiger partial charge in [-0.05, 0) is 54.1 Å². The lowest BCUT2D eigenvalue weighted by Gasteiger charge is -2.19. The number of hydrogen-bond donors (Lipinski definition) is 2. The van der Waals surface area contributed by atoms with Crippen molar-refractivity contribution in [1.82, 2.24) is 5.32 Å². The standard InChI is InChI=1S/C24H19ClN2O3/c1-2-17-8-10-19(11-9-17)23(28)27-22(18-6-4-3-5-7-18)16-30-24(29)26-21-14-12-20(25)13-15-21/h1,3-15,22H,16H2,(H,26,29)(H,27,28)/t22-/m1/s1. The number of terminal acetylenes is 1. The molecule has 0 aliphatic rings. The molecule has 3 aromatic rings. The second-order valence-corrected chi connectivity index (χ2v) is 6.83. The maximum Gasteiger partial charge on any atom is 0.411 e. The lowest BCUT2D eigenvalue weighted by molar-refractivity contribution is 0.0901. The van der Waals surface area contributed by atoms with E-state index in [1.807, 2.05) is 30.3 Å². The molecule has 0 heterocycles. The molecule has 0 saturated carbocycles. The number of nitrogens with one attached hydrogen (secondary N) is 2. The Kier molecular flexibility index (Phi) is 7.09. The minimum Gasteiger partial charge on any atom is -0.447 e. The zero-order valence-electron chi connectivity index (χ0n) is 16.0. The minimum absolute atomic E-state index is 0.0440. The van der Waals surface area contributed by atoms with Crippen LogP contribution in [0.5, 0.6) is 0 Å². The first kappa shape index (κ1) is 21.0. The van der Waals surface area contributed by atoms with E-state index in [1.165, 1.54) is 0 Å². The highest BCUT2D eigenvalue weighted by Crippen LogP contribution is 2.16. The number of amides is 2. The number of rotatable bonds is 6. The molecule has 2 amide bonds. The number of anilines is 1. The molecule has 30 heavy (non-hydrogen) atoms. The van der Waals surface area contributed by atoms with Crippen LogP contribution in [0.25, 0.3) is 0 Å². The van der Waals surface area contributed by atoms with Gasteiger partial charge in [-0.25, -0.2) is 4.79 Å². The maximum atomic E-state index is 12.7. The summed E-state index contributed by atoms with van der Waals surface area (Å²) < 4.78 is 5.34. The monoisotopic (exact) mass is 418 g/mol. The third kappa shape index (κ3) is 5.87. The van der Waals surface area contributed by atoms with E-state index in [-0.39, 0.29) is 12.5 Å². The fourth-order valence-electron chi connectivity index (χ4n) is 2.71. The maximum absolute atomic E-state index is 12.7. The first-order valence-corrected chi connectivity index (χ1v) is 9.55. The van der Waals surface area contributed by atoms with Gasteiger partial charge in [0.1, 0.15) is 6.61 Å². The summed E-state index contributed by atoms with van der Waals surface area (Å²) in [6.45, 7) is -0.0440. The van der Waals surface area contributed by atoms with Crippen molar-refractivity contribution in [2.75, 3.05) is 11.9 Å². The van der Waals surface area contributed by atoms with Gasteiger partial charge in [0, 0.05) is 21.8 Å². The number of ether oxygens (including phenoxy) is 1. The molecule has 0 radical (unpaired) electrons. The zero-order chi connectivity index (χ0) is 21.3. The Morgan fingerprint density at radius 2 is 1.63 bits per heavy atom. The Bertz CT molecular complexity index is 1040. The summed E-state index contributed by atoms with van der Waals surface area (Å²) >= 11 is 5.84. The van der Waals surface area contributed by atoms with Crippen molar-refractivity contribution < 1.29 is 14.3 Å². The second-order valence-electron chi connectivity index (χ2n) is 6.39. The van der Waals surface area contributed by atoms with Crippen LogP contribution in [0.15, 0.2) is 78.9 Å². The van der Waals surface area contributed by atoms with Gasteiger partial charge in [-0.2, -0.15) is 0 Å². The van der Waals surface area contributed by atoms with Gasteiger partial charge < -0.3 is 10.1 Å². The Morgan fingerprint density at radius 1 is 0.967 bits per heavy atom. The predicted molar refractivity (Wildman–Crippen MR) is 117 cm³/mol. The lowest BCUT2D eigenvalue weighted by atomic mass is 10.1. The summed E-state index contributed by atoms with van der Waals surface area (Å²) in [5.41, 5.74) is 2.51. The summed E-state index contributed by atoms with van der Waals surface area (Å²) in [4.78, 5) is 24.8. The van der Waals surface area contributed by atoms with E-state index in [0.717, 1.165) is 5.56 Å². The van der Waals surface area contributed by atoms with Crippen LogP contribution in [0.2, 0.25) is 5.02 Å². The van der Waals surface area contributed by atoms with E-state index in [1.54, 1.807) is 48.5 Å². The molecule has 5 nitrogen and oxygen atoms in total. The Morgan fingerprint density at radius 3 is 2.27 bits per heavy atom. The fourth-order valence-corrected chi connectivity index (χ4v) is 2.84. The highest BCUT2D eigenvalue weighted by Gasteiger charge is 2.18. The smallest absolute Gasteiger partial charge is 0.411 e. The molecule has 2 N–H and O–H groups in total. The van der Waals surface area contributed by atoms with Crippen molar-refractivity contribution >= 4 is 29.3 Å². The van der Waals surface area contributed by atoms with Crippen LogP contribution in [0.3, 0.4) is 0 Å². The van der Waals surface area contributed by atoms with Crippen LogP contribution in [-0.4, -0.2) is 18.6 Å². The molecule has 0 saturated heterocycles. The van der Waals surface area contributed by atoms with E-state index < -0.39 is 12.1 Å². The summed E-state index contributed by atoms with van der Waals surface area (Å²) in [6.07, 6.45) is 4.72. The highest BCUT2D eigenvalue weighted by molar-refractivity contribution is 6.30. The molecule has 6 heteroatoms. The topological polar surface area (TPSA) is 67.4 Å². The number of carbonyl (C=O) groups is 2. The van der Waals surface area contributed by atoms with Gasteiger partial charge >= 0.3 is 6.09 Å². The Labute approximate surface area is 180 Å². The van der Waals surface area contributed by atoms with Crippen LogP contribution in [-0.2, 0) is 4.74 Å². The van der Waals surface area contributed by atoms with Gasteiger partial charge in [0.15, 0.2) is 0 Å². The molecule has 0 spiro atoms. The molecule has 1 atom stereocenters. The van der Waals surface area contributed by atoms with E-state index in [4.69, 9.17) is 22.8 Å². The van der Waals surface area contributed by atoms with Crippen LogP contribution in [0.4, 0.5) is 10.5 Å². The first-order chi connectivity index (χ1) is 14.5. The number of hydrogen-bond acceptors (Lipinski definition) is 3. The average molecular weight is 419 g/mol. The molecule has 150 valence electrons. The van der Waals surface area contributed by atoms with Gasteiger partial charge in [0.25, 0.3) is 5.91 Å². The van der Waals surface area contributed by atoms with Crippen molar-refractivity contribution in [1.29, 1.82) is 0 Å². The molecule has 0 aliphatic heterocycles. The molecular weight excluding hydrogens is 400 g/mol. The van der Waals surface area contributed by atoms with Gasteiger partial charge in [-0.1, -0.05) is 47.9 Å². The normalized spacial score (nSPS) is 11.1. The van der Waals surface area contributed by atoms with Crippen molar-refractivity contribution in [3.63, 3.8) is 0 Å². The van der Waals surface area contributed by atoms with Crippen LogP contribution in [0.1, 0.15) is 27.5 Å². The summed E-state index contributed by atoms with van der Waals surface area (Å²) in [7, 11) is 0. The number of halogens is 1. The van der Waals surface area contributed by atoms with E-state index in [2.05, 4.69) is 16.6 Å². The number of benzene rings is 3. The highest BCUT2D eigenvalue weighted by atomic mass is 35.5. The lowest BCUT2D eigenvalue weighted by Crippen LogP contribution is -2.32. The Balaban J connectivity index is 1.66.